The van der Waals surface area contributed by atoms with Gasteiger partial charge in [0.25, 0.3) is 5.56 Å². The number of aromatic amines is 1. The second-order valence-corrected chi connectivity index (χ2v) is 7.68. The summed E-state index contributed by atoms with van der Waals surface area (Å²) in [4.78, 5) is 34.6. The van der Waals surface area contributed by atoms with E-state index in [2.05, 4.69) is 9.97 Å². The van der Waals surface area contributed by atoms with E-state index in [0.717, 1.165) is 16.8 Å². The molecule has 5 heteroatoms. The van der Waals surface area contributed by atoms with Crippen molar-refractivity contribution in [3.05, 3.63) is 106 Å². The number of aryl methyl sites for hydroxylation is 2. The smallest absolute Gasteiger partial charge is 0.258 e. The fourth-order valence-electron chi connectivity index (χ4n) is 3.61. The standard InChI is InChI=1S/C26H25N3O2/c1-19-14-16-21(17-15-19)29(18-20-8-3-2-4-9-20)25(30)13-7-12-24-27-23-11-6-5-10-22(23)26(31)28-24/h2-6,8-11,14-17H,7,12-13,18H2,1H3,(H,27,28,31). The predicted molar refractivity (Wildman–Crippen MR) is 124 cm³/mol. The Hall–Kier alpha value is -3.73. The molecule has 0 unspecified atom stereocenters. The van der Waals surface area contributed by atoms with Crippen molar-refractivity contribution in [2.75, 3.05) is 4.90 Å². The Balaban J connectivity index is 1.47. The van der Waals surface area contributed by atoms with Crippen molar-refractivity contribution in [1.82, 2.24) is 9.97 Å². The maximum absolute atomic E-state index is 13.1. The van der Waals surface area contributed by atoms with Crippen molar-refractivity contribution >= 4 is 22.5 Å². The molecule has 0 saturated carbocycles. The van der Waals surface area contributed by atoms with Crippen LogP contribution in [-0.4, -0.2) is 15.9 Å². The lowest BCUT2D eigenvalue weighted by Gasteiger charge is -2.23. The summed E-state index contributed by atoms with van der Waals surface area (Å²) in [5.74, 6) is 0.664. The summed E-state index contributed by atoms with van der Waals surface area (Å²) >= 11 is 0. The lowest BCUT2D eigenvalue weighted by atomic mass is 10.1. The second kappa shape index (κ2) is 9.39. The van der Waals surface area contributed by atoms with Gasteiger partial charge in [0.05, 0.1) is 17.4 Å². The Labute approximate surface area is 181 Å². The summed E-state index contributed by atoms with van der Waals surface area (Å²) in [5, 5.41) is 0.579. The van der Waals surface area contributed by atoms with Crippen LogP contribution in [0.4, 0.5) is 5.69 Å². The molecule has 0 aliphatic heterocycles. The molecule has 1 N–H and O–H groups in total. The fourth-order valence-corrected chi connectivity index (χ4v) is 3.61. The van der Waals surface area contributed by atoms with Gasteiger partial charge >= 0.3 is 0 Å². The van der Waals surface area contributed by atoms with Crippen LogP contribution in [0, 0.1) is 6.92 Å². The van der Waals surface area contributed by atoms with Crippen LogP contribution in [0.25, 0.3) is 10.9 Å². The fraction of sp³-hybridized carbons (Fsp3) is 0.192. The Bertz CT molecular complexity index is 1230. The molecule has 0 bridgehead atoms. The molecule has 0 saturated heterocycles. The molecule has 4 rings (SSSR count). The van der Waals surface area contributed by atoms with E-state index in [1.54, 1.807) is 6.07 Å². The lowest BCUT2D eigenvalue weighted by molar-refractivity contribution is -0.118. The first-order valence-electron chi connectivity index (χ1n) is 10.5. The molecule has 1 heterocycles. The lowest BCUT2D eigenvalue weighted by Crippen LogP contribution is -2.30. The minimum atomic E-state index is -0.141. The van der Waals surface area contributed by atoms with Crippen molar-refractivity contribution in [3.8, 4) is 0 Å². The van der Waals surface area contributed by atoms with E-state index in [0.29, 0.717) is 42.5 Å². The minimum absolute atomic E-state index is 0.0517. The molecule has 1 aromatic heterocycles. The van der Waals surface area contributed by atoms with Crippen molar-refractivity contribution in [3.63, 3.8) is 0 Å². The molecule has 5 nitrogen and oxygen atoms in total. The molecule has 0 fully saturated rings. The van der Waals surface area contributed by atoms with E-state index in [1.165, 1.54) is 0 Å². The third kappa shape index (κ3) is 5.07. The Morgan fingerprint density at radius 2 is 1.65 bits per heavy atom. The highest BCUT2D eigenvalue weighted by atomic mass is 16.2. The molecule has 3 aromatic carbocycles. The number of fused-ring (bicyclic) bond motifs is 1. The van der Waals surface area contributed by atoms with Crippen LogP contribution in [0.1, 0.15) is 29.8 Å². The summed E-state index contributed by atoms with van der Waals surface area (Å²) in [7, 11) is 0. The number of carbonyl (C=O) groups excluding carboxylic acids is 1. The zero-order valence-corrected chi connectivity index (χ0v) is 17.5. The molecule has 0 aliphatic rings. The van der Waals surface area contributed by atoms with E-state index in [1.807, 2.05) is 84.6 Å². The zero-order chi connectivity index (χ0) is 21.6. The summed E-state index contributed by atoms with van der Waals surface area (Å²) in [6.07, 6.45) is 1.52. The van der Waals surface area contributed by atoms with Gasteiger partial charge in [0.1, 0.15) is 5.82 Å². The van der Waals surface area contributed by atoms with Crippen LogP contribution in [0.2, 0.25) is 0 Å². The number of carbonyl (C=O) groups is 1. The van der Waals surface area contributed by atoms with Gasteiger partial charge in [0.2, 0.25) is 5.91 Å². The van der Waals surface area contributed by atoms with E-state index in [9.17, 15) is 9.59 Å². The van der Waals surface area contributed by atoms with E-state index in [-0.39, 0.29) is 11.5 Å². The molecule has 0 aliphatic carbocycles. The molecule has 0 atom stereocenters. The number of amides is 1. The van der Waals surface area contributed by atoms with Crippen molar-refractivity contribution in [2.45, 2.75) is 32.7 Å². The first-order valence-corrected chi connectivity index (χ1v) is 10.5. The number of benzene rings is 3. The van der Waals surface area contributed by atoms with Gasteiger partial charge in [-0.15, -0.1) is 0 Å². The van der Waals surface area contributed by atoms with Crippen LogP contribution in [0.3, 0.4) is 0 Å². The number of anilines is 1. The van der Waals surface area contributed by atoms with Gasteiger partial charge in [-0.3, -0.25) is 9.59 Å². The zero-order valence-electron chi connectivity index (χ0n) is 17.5. The van der Waals surface area contributed by atoms with Crippen LogP contribution < -0.4 is 10.5 Å². The second-order valence-electron chi connectivity index (χ2n) is 7.68. The van der Waals surface area contributed by atoms with Crippen LogP contribution >= 0.6 is 0 Å². The van der Waals surface area contributed by atoms with Gasteiger partial charge in [-0.25, -0.2) is 4.98 Å². The van der Waals surface area contributed by atoms with Crippen molar-refractivity contribution in [2.24, 2.45) is 0 Å². The van der Waals surface area contributed by atoms with E-state index < -0.39 is 0 Å². The maximum atomic E-state index is 13.1. The van der Waals surface area contributed by atoms with Crippen LogP contribution in [-0.2, 0) is 17.8 Å². The Morgan fingerprint density at radius 3 is 2.42 bits per heavy atom. The normalized spacial score (nSPS) is 10.9. The van der Waals surface area contributed by atoms with Gasteiger partial charge in [-0.2, -0.15) is 0 Å². The van der Waals surface area contributed by atoms with Crippen LogP contribution in [0.5, 0.6) is 0 Å². The number of hydrogen-bond acceptors (Lipinski definition) is 3. The Morgan fingerprint density at radius 1 is 0.935 bits per heavy atom. The van der Waals surface area contributed by atoms with Gasteiger partial charge in [-0.05, 0) is 43.2 Å². The first kappa shape index (κ1) is 20.5. The van der Waals surface area contributed by atoms with Gasteiger partial charge < -0.3 is 9.88 Å². The SMILES string of the molecule is Cc1ccc(N(Cc2ccccc2)C(=O)CCCc2nc3ccccc3c(=O)[nH]2)cc1. The highest BCUT2D eigenvalue weighted by Gasteiger charge is 2.16. The number of para-hydroxylation sites is 1. The number of H-pyrrole nitrogens is 1. The van der Waals surface area contributed by atoms with Gasteiger partial charge in [0.15, 0.2) is 0 Å². The van der Waals surface area contributed by atoms with Crippen LogP contribution in [0.15, 0.2) is 83.7 Å². The summed E-state index contributed by atoms with van der Waals surface area (Å²) in [6.45, 7) is 2.55. The van der Waals surface area contributed by atoms with Crippen molar-refractivity contribution in [1.29, 1.82) is 0 Å². The predicted octanol–water partition coefficient (Wildman–Crippen LogP) is 4.79. The van der Waals surface area contributed by atoms with Gasteiger partial charge in [0, 0.05) is 18.5 Å². The maximum Gasteiger partial charge on any atom is 0.258 e. The highest BCUT2D eigenvalue weighted by Crippen LogP contribution is 2.20. The quantitative estimate of drug-likeness (QED) is 0.476. The number of nitrogens with one attached hydrogen (secondary N) is 1. The first-order chi connectivity index (χ1) is 15.1. The third-order valence-corrected chi connectivity index (χ3v) is 5.30. The number of aromatic nitrogens is 2. The average Bonchev–Trinajstić information content (AvgIpc) is 2.79. The van der Waals surface area contributed by atoms with E-state index >= 15 is 0 Å². The molecular weight excluding hydrogens is 386 g/mol. The number of rotatable bonds is 7. The number of nitrogens with zero attached hydrogens (tertiary/aromatic N) is 2. The average molecular weight is 412 g/mol. The molecular formula is C26H25N3O2. The highest BCUT2D eigenvalue weighted by molar-refractivity contribution is 5.93. The molecule has 4 aromatic rings. The molecule has 0 radical (unpaired) electrons. The topological polar surface area (TPSA) is 66.1 Å². The van der Waals surface area contributed by atoms with Crippen molar-refractivity contribution < 1.29 is 4.79 Å². The molecule has 156 valence electrons. The third-order valence-electron chi connectivity index (χ3n) is 5.30. The van der Waals surface area contributed by atoms with E-state index in [4.69, 9.17) is 0 Å². The summed E-state index contributed by atoms with van der Waals surface area (Å²) < 4.78 is 0. The summed E-state index contributed by atoms with van der Waals surface area (Å²) in [5.41, 5.74) is 3.66. The monoisotopic (exact) mass is 411 g/mol. The molecule has 0 spiro atoms. The van der Waals surface area contributed by atoms with Gasteiger partial charge in [-0.1, -0.05) is 60.2 Å². The largest absolute Gasteiger partial charge is 0.310 e. The molecule has 1 amide bonds. The Kier molecular flexibility index (Phi) is 6.22. The summed E-state index contributed by atoms with van der Waals surface area (Å²) in [6, 6.07) is 25.3. The minimum Gasteiger partial charge on any atom is -0.310 e. The molecule has 31 heavy (non-hydrogen) atoms. The number of hydrogen-bond donors (Lipinski definition) is 1.